The Morgan fingerprint density at radius 3 is 2.32 bits per heavy atom. The first-order valence-electron chi connectivity index (χ1n) is 7.33. The van der Waals surface area contributed by atoms with Gasteiger partial charge in [0, 0.05) is 31.2 Å². The fraction of sp³-hybridized carbons (Fsp3) is 0.929. The van der Waals surface area contributed by atoms with Gasteiger partial charge in [-0.05, 0) is 45.4 Å². The maximum absolute atomic E-state index is 11.9. The fourth-order valence-corrected chi connectivity index (χ4v) is 3.32. The Kier molecular flexibility index (Phi) is 3.02. The molecule has 0 radical (unpaired) electrons. The van der Waals surface area contributed by atoms with Crippen molar-refractivity contribution in [3.05, 3.63) is 0 Å². The van der Waals surface area contributed by atoms with Crippen LogP contribution in [0.25, 0.3) is 0 Å². The molecule has 2 unspecified atom stereocenters. The Balaban J connectivity index is 1.42. The normalized spacial score (nSPS) is 40.6. The molecule has 1 heterocycles. The molecule has 0 aromatic carbocycles. The topological polar surface area (TPSA) is 67.6 Å². The summed E-state index contributed by atoms with van der Waals surface area (Å²) >= 11 is 0. The first kappa shape index (κ1) is 13.2. The number of carbonyl (C=O) groups is 1. The molecule has 0 spiro atoms. The van der Waals surface area contributed by atoms with Crippen LogP contribution in [0.1, 0.15) is 33.6 Å². The van der Waals surface area contributed by atoms with Gasteiger partial charge in [-0.15, -0.1) is 0 Å². The van der Waals surface area contributed by atoms with Gasteiger partial charge in [-0.2, -0.15) is 0 Å². The number of carbonyl (C=O) groups excluding carboxylic acids is 1. The molecule has 3 fully saturated rings. The predicted molar refractivity (Wildman–Crippen MR) is 72.7 cm³/mol. The van der Waals surface area contributed by atoms with E-state index in [4.69, 9.17) is 10.5 Å². The summed E-state index contributed by atoms with van der Waals surface area (Å²) in [5, 5.41) is 3.67. The van der Waals surface area contributed by atoms with E-state index in [9.17, 15) is 4.79 Å². The SMILES string of the molecule is CC(C)(C)OC(=O)N1CC2C(C1)C2NC1CC(N)C1. The van der Waals surface area contributed by atoms with Gasteiger partial charge in [0.1, 0.15) is 5.60 Å². The lowest BCUT2D eigenvalue weighted by molar-refractivity contribution is 0.0268. The van der Waals surface area contributed by atoms with Crippen molar-refractivity contribution >= 4 is 6.09 Å². The number of rotatable bonds is 2. The van der Waals surface area contributed by atoms with Crippen LogP contribution in [-0.2, 0) is 4.74 Å². The summed E-state index contributed by atoms with van der Waals surface area (Å²) in [5.41, 5.74) is 5.39. The van der Waals surface area contributed by atoms with Crippen LogP contribution in [0.15, 0.2) is 0 Å². The van der Waals surface area contributed by atoms with E-state index < -0.39 is 5.60 Å². The molecule has 108 valence electrons. The second-order valence-electron chi connectivity index (χ2n) is 7.33. The van der Waals surface area contributed by atoms with E-state index in [2.05, 4.69) is 5.32 Å². The van der Waals surface area contributed by atoms with Gasteiger partial charge in [-0.3, -0.25) is 0 Å². The van der Waals surface area contributed by atoms with Crippen molar-refractivity contribution in [1.29, 1.82) is 0 Å². The molecule has 0 aromatic rings. The number of nitrogens with zero attached hydrogens (tertiary/aromatic N) is 1. The van der Waals surface area contributed by atoms with Gasteiger partial charge in [0.15, 0.2) is 0 Å². The van der Waals surface area contributed by atoms with Crippen molar-refractivity contribution in [2.75, 3.05) is 13.1 Å². The minimum atomic E-state index is -0.399. The molecule has 1 amide bonds. The Hall–Kier alpha value is -0.810. The van der Waals surface area contributed by atoms with Crippen LogP contribution in [0.2, 0.25) is 0 Å². The zero-order valence-corrected chi connectivity index (χ0v) is 12.1. The minimum absolute atomic E-state index is 0.163. The number of fused-ring (bicyclic) bond motifs is 1. The van der Waals surface area contributed by atoms with Crippen LogP contribution in [0.4, 0.5) is 4.79 Å². The number of nitrogens with one attached hydrogen (secondary N) is 1. The van der Waals surface area contributed by atoms with E-state index in [1.54, 1.807) is 0 Å². The molecular weight excluding hydrogens is 242 g/mol. The first-order valence-corrected chi connectivity index (χ1v) is 7.33. The number of likely N-dealkylation sites (tertiary alicyclic amines) is 1. The Labute approximate surface area is 114 Å². The van der Waals surface area contributed by atoms with Crippen LogP contribution in [0.3, 0.4) is 0 Å². The Bertz CT molecular complexity index is 361. The number of nitrogens with two attached hydrogens (primary N) is 1. The maximum atomic E-state index is 11.9. The molecule has 1 saturated heterocycles. The van der Waals surface area contributed by atoms with Gasteiger partial charge in [0.25, 0.3) is 0 Å². The van der Waals surface area contributed by atoms with E-state index in [0.29, 0.717) is 30.0 Å². The van der Waals surface area contributed by atoms with Crippen LogP contribution in [0.5, 0.6) is 0 Å². The highest BCUT2D eigenvalue weighted by atomic mass is 16.6. The molecule has 1 aliphatic heterocycles. The lowest BCUT2D eigenvalue weighted by Gasteiger charge is -2.34. The zero-order valence-electron chi connectivity index (χ0n) is 12.1. The lowest BCUT2D eigenvalue weighted by atomic mass is 9.87. The van der Waals surface area contributed by atoms with Crippen molar-refractivity contribution in [3.63, 3.8) is 0 Å². The van der Waals surface area contributed by atoms with E-state index >= 15 is 0 Å². The van der Waals surface area contributed by atoms with Crippen molar-refractivity contribution < 1.29 is 9.53 Å². The average molecular weight is 267 g/mol. The van der Waals surface area contributed by atoms with E-state index in [-0.39, 0.29) is 6.09 Å². The maximum Gasteiger partial charge on any atom is 0.410 e. The summed E-state index contributed by atoms with van der Waals surface area (Å²) in [7, 11) is 0. The van der Waals surface area contributed by atoms with Crippen LogP contribution >= 0.6 is 0 Å². The van der Waals surface area contributed by atoms with Crippen molar-refractivity contribution in [3.8, 4) is 0 Å². The molecule has 3 rings (SSSR count). The molecule has 19 heavy (non-hydrogen) atoms. The molecule has 3 aliphatic rings. The van der Waals surface area contributed by atoms with Crippen molar-refractivity contribution in [2.24, 2.45) is 17.6 Å². The van der Waals surface area contributed by atoms with Crippen LogP contribution in [-0.4, -0.2) is 47.8 Å². The quantitative estimate of drug-likeness (QED) is 0.781. The molecule has 2 atom stereocenters. The number of piperidine rings is 1. The summed E-state index contributed by atoms with van der Waals surface area (Å²) in [5.74, 6) is 1.26. The minimum Gasteiger partial charge on any atom is -0.444 e. The molecule has 5 nitrogen and oxygen atoms in total. The van der Waals surface area contributed by atoms with Crippen LogP contribution < -0.4 is 11.1 Å². The van der Waals surface area contributed by atoms with Crippen molar-refractivity contribution in [1.82, 2.24) is 10.2 Å². The van der Waals surface area contributed by atoms with E-state index in [1.807, 2.05) is 25.7 Å². The Morgan fingerprint density at radius 2 is 1.84 bits per heavy atom. The van der Waals surface area contributed by atoms with Crippen LogP contribution in [0, 0.1) is 11.8 Å². The second kappa shape index (κ2) is 4.35. The third-order valence-corrected chi connectivity index (χ3v) is 4.45. The summed E-state index contributed by atoms with van der Waals surface area (Å²) in [6.07, 6.45) is 2.04. The standard InChI is InChI=1S/C14H25N3O2/c1-14(2,3)19-13(18)17-6-10-11(7-17)12(10)16-9-4-8(15)5-9/h8-12,16H,4-7,15H2,1-3H3. The number of hydrogen-bond donors (Lipinski definition) is 2. The van der Waals surface area contributed by atoms with Gasteiger partial charge in [0.2, 0.25) is 0 Å². The summed E-state index contributed by atoms with van der Waals surface area (Å²) in [6.45, 7) is 7.41. The molecule has 2 aliphatic carbocycles. The lowest BCUT2D eigenvalue weighted by Crippen LogP contribution is -2.50. The van der Waals surface area contributed by atoms with E-state index in [0.717, 1.165) is 25.9 Å². The second-order valence-corrected chi connectivity index (χ2v) is 7.33. The number of ether oxygens (including phenoxy) is 1. The van der Waals surface area contributed by atoms with Gasteiger partial charge >= 0.3 is 6.09 Å². The summed E-state index contributed by atoms with van der Waals surface area (Å²) in [6, 6.07) is 1.62. The average Bonchev–Trinajstić information content (AvgIpc) is 2.70. The highest BCUT2D eigenvalue weighted by Gasteiger charge is 2.57. The van der Waals surface area contributed by atoms with Gasteiger partial charge in [-0.1, -0.05) is 0 Å². The van der Waals surface area contributed by atoms with Crippen molar-refractivity contribution in [2.45, 2.75) is 57.3 Å². The molecule has 3 N–H and O–H groups in total. The first-order chi connectivity index (χ1) is 8.83. The van der Waals surface area contributed by atoms with Gasteiger partial charge in [-0.25, -0.2) is 4.79 Å². The highest BCUT2D eigenvalue weighted by Crippen LogP contribution is 2.46. The number of hydrogen-bond acceptors (Lipinski definition) is 4. The summed E-state index contributed by atoms with van der Waals surface area (Å²) < 4.78 is 5.40. The number of amides is 1. The largest absolute Gasteiger partial charge is 0.444 e. The third-order valence-electron chi connectivity index (χ3n) is 4.45. The fourth-order valence-electron chi connectivity index (χ4n) is 3.32. The molecule has 0 bridgehead atoms. The molecule has 5 heteroatoms. The monoisotopic (exact) mass is 267 g/mol. The third kappa shape index (κ3) is 2.72. The summed E-state index contributed by atoms with van der Waals surface area (Å²) in [4.78, 5) is 13.8. The molecule has 0 aromatic heterocycles. The smallest absolute Gasteiger partial charge is 0.410 e. The predicted octanol–water partition coefficient (Wildman–Crippen LogP) is 0.931. The van der Waals surface area contributed by atoms with Gasteiger partial charge < -0.3 is 20.7 Å². The Morgan fingerprint density at radius 1 is 1.26 bits per heavy atom. The van der Waals surface area contributed by atoms with E-state index in [1.165, 1.54) is 0 Å². The highest BCUT2D eigenvalue weighted by molar-refractivity contribution is 5.69. The molecular formula is C14H25N3O2. The van der Waals surface area contributed by atoms with Gasteiger partial charge in [0.05, 0.1) is 0 Å². The molecule has 2 saturated carbocycles. The zero-order chi connectivity index (χ0) is 13.8.